The second-order valence-corrected chi connectivity index (χ2v) is 17.6. The summed E-state index contributed by atoms with van der Waals surface area (Å²) in [5.41, 5.74) is -8.67. The van der Waals surface area contributed by atoms with Gasteiger partial charge in [0.25, 0.3) is 0 Å². The number of Topliss-reactive ketones (excluding diaryl/α,β-unsaturated/α-hetero) is 1. The first-order valence-electron chi connectivity index (χ1n) is 19.5. The van der Waals surface area contributed by atoms with Crippen molar-refractivity contribution in [2.24, 2.45) is 16.7 Å². The number of amides is 1. The zero-order chi connectivity index (χ0) is 43.5. The van der Waals surface area contributed by atoms with Crippen molar-refractivity contribution in [2.45, 2.75) is 128 Å². The molecule has 3 fully saturated rings. The van der Waals surface area contributed by atoms with E-state index in [-0.39, 0.29) is 29.7 Å². The summed E-state index contributed by atoms with van der Waals surface area (Å²) in [6.45, 7) is 11.5. The van der Waals surface area contributed by atoms with Crippen LogP contribution in [0.2, 0.25) is 0 Å². The molecule has 1 heterocycles. The Kier molecular flexibility index (Phi) is 11.7. The molecular weight excluding hydrogens is 773 g/mol. The number of fused-ring (bicyclic) bond motifs is 5. The Morgan fingerprint density at radius 2 is 1.59 bits per heavy atom. The lowest BCUT2D eigenvalue weighted by Crippen LogP contribution is -2.81. The third-order valence-corrected chi connectivity index (χ3v) is 12.6. The van der Waals surface area contributed by atoms with Crippen molar-refractivity contribution in [3.05, 3.63) is 82.9 Å². The Balaban J connectivity index is 1.50. The lowest BCUT2D eigenvalue weighted by Gasteiger charge is -2.67. The van der Waals surface area contributed by atoms with Crippen molar-refractivity contribution < 1.29 is 72.4 Å². The molecule has 15 nitrogen and oxygen atoms in total. The van der Waals surface area contributed by atoms with Gasteiger partial charge in [0.2, 0.25) is 0 Å². The Morgan fingerprint density at radius 1 is 0.983 bits per heavy atom. The molecule has 2 aromatic carbocycles. The monoisotopic (exact) mass is 825 g/mol. The molecule has 1 aliphatic heterocycles. The summed E-state index contributed by atoms with van der Waals surface area (Å²) in [5, 5.41) is 39.8. The molecule has 3 aliphatic carbocycles. The largest absolute Gasteiger partial charge is 0.456 e. The van der Waals surface area contributed by atoms with Crippen LogP contribution < -0.4 is 5.32 Å². The number of carbonyl (C=O) groups is 5. The number of esters is 3. The van der Waals surface area contributed by atoms with Crippen molar-refractivity contribution in [1.82, 2.24) is 5.32 Å². The number of aliphatic hydroxyl groups excluding tert-OH is 2. The molecule has 320 valence electrons. The Labute approximate surface area is 341 Å². The highest BCUT2D eigenvalue weighted by molar-refractivity contribution is 5.94. The van der Waals surface area contributed by atoms with E-state index in [4.69, 9.17) is 23.7 Å². The van der Waals surface area contributed by atoms with Gasteiger partial charge in [0, 0.05) is 25.2 Å². The van der Waals surface area contributed by atoms with Crippen molar-refractivity contribution in [3.63, 3.8) is 0 Å². The van der Waals surface area contributed by atoms with Crippen LogP contribution in [-0.4, -0.2) is 105 Å². The number of halogens is 1. The molecule has 1 amide bonds. The number of hydrogen-bond donors (Lipinski definition) is 4. The third-order valence-electron chi connectivity index (χ3n) is 12.6. The first kappa shape index (κ1) is 43.8. The number of aliphatic hydroxyl groups is 3. The predicted molar refractivity (Wildman–Crippen MR) is 204 cm³/mol. The van der Waals surface area contributed by atoms with Gasteiger partial charge in [-0.05, 0) is 68.0 Å². The molecule has 1 saturated heterocycles. The molecule has 16 heteroatoms. The van der Waals surface area contributed by atoms with Crippen LogP contribution in [-0.2, 0) is 43.0 Å². The van der Waals surface area contributed by atoms with Crippen molar-refractivity contribution >= 4 is 29.8 Å². The predicted octanol–water partition coefficient (Wildman–Crippen LogP) is 4.17. The Morgan fingerprint density at radius 3 is 2.14 bits per heavy atom. The van der Waals surface area contributed by atoms with E-state index in [1.165, 1.54) is 39.8 Å². The molecule has 0 radical (unpaired) electrons. The molecule has 4 aliphatic rings. The molecule has 2 saturated carbocycles. The van der Waals surface area contributed by atoms with E-state index in [1.807, 2.05) is 0 Å². The maximum Gasteiger partial charge on any atom is 0.408 e. The van der Waals surface area contributed by atoms with E-state index < -0.39 is 112 Å². The van der Waals surface area contributed by atoms with E-state index in [9.17, 15) is 39.0 Å². The maximum atomic E-state index is 15.0. The van der Waals surface area contributed by atoms with Crippen LogP contribution >= 0.6 is 0 Å². The average molecular weight is 826 g/mol. The highest BCUT2D eigenvalue weighted by Gasteiger charge is 2.78. The van der Waals surface area contributed by atoms with Gasteiger partial charge in [-0.15, -0.1) is 0 Å². The second-order valence-electron chi connectivity index (χ2n) is 17.6. The smallest absolute Gasteiger partial charge is 0.408 e. The molecule has 6 unspecified atom stereocenters. The number of ether oxygens (including phenoxy) is 5. The fourth-order valence-electron chi connectivity index (χ4n) is 9.67. The number of carbonyl (C=O) groups excluding carboxylic acids is 5. The molecule has 0 aromatic heterocycles. The van der Waals surface area contributed by atoms with Gasteiger partial charge in [-0.3, -0.25) is 9.59 Å². The summed E-state index contributed by atoms with van der Waals surface area (Å²) in [7, 11) is 0. The van der Waals surface area contributed by atoms with Crippen LogP contribution in [0.5, 0.6) is 0 Å². The van der Waals surface area contributed by atoms with Crippen LogP contribution in [0.4, 0.5) is 9.32 Å². The number of benzene rings is 2. The summed E-state index contributed by atoms with van der Waals surface area (Å²) in [6, 6.07) is 14.4. The van der Waals surface area contributed by atoms with Crippen LogP contribution in [0.15, 0.2) is 71.8 Å². The molecule has 11 atom stereocenters. The van der Waals surface area contributed by atoms with Crippen LogP contribution in [0.3, 0.4) is 0 Å². The summed E-state index contributed by atoms with van der Waals surface area (Å²) in [4.78, 5) is 73.5. The van der Waals surface area contributed by atoms with Crippen LogP contribution in [0.25, 0.3) is 0 Å². The normalized spacial score (nSPS) is 33.3. The maximum absolute atomic E-state index is 15.0. The van der Waals surface area contributed by atoms with Gasteiger partial charge in [-0.2, -0.15) is 4.94 Å². The Bertz CT molecular complexity index is 2000. The molecule has 4 N–H and O–H groups in total. The zero-order valence-electron chi connectivity index (χ0n) is 34.2. The molecule has 59 heavy (non-hydrogen) atoms. The van der Waals surface area contributed by atoms with Gasteiger partial charge in [-0.1, -0.05) is 62.4 Å². The molecule has 2 aromatic rings. The fraction of sp³-hybridized carbons (Fsp3) is 0.558. The van der Waals surface area contributed by atoms with E-state index >= 15 is 4.79 Å². The zero-order valence-corrected chi connectivity index (χ0v) is 34.2. The summed E-state index contributed by atoms with van der Waals surface area (Å²) < 4.78 is 44.3. The standard InChI is InChI=1S/C43H52FNO14/c1-22-26(55-37(51)32(48)30(24-15-11-9-12-16-24)45-38(52)58-39(3,4)5)20-43(53)35(56-36(50)25-17-13-10-14-18-25)33-41(8,34(49)31(47)29(22)40(43,6)7)27(59-44)19-28-42(33,21-54-28)57-23(2)46/h9-18,26-28,30-33,35,47-48,53H,19-21H2,1-8H3,(H,45,52)/t26-,27?,28?,30-,31?,32+,33?,35-,41?,42-,43?/m0/s1. The van der Waals surface area contributed by atoms with Gasteiger partial charge in [0.1, 0.15) is 41.7 Å². The second kappa shape index (κ2) is 15.7. The topological polar surface area (TPSA) is 213 Å². The minimum atomic E-state index is -2.42. The minimum absolute atomic E-state index is 0.0411. The summed E-state index contributed by atoms with van der Waals surface area (Å²) >= 11 is 0. The Hall–Kier alpha value is -4.74. The van der Waals surface area contributed by atoms with Crippen LogP contribution in [0, 0.1) is 16.7 Å². The minimum Gasteiger partial charge on any atom is -0.456 e. The van der Waals surface area contributed by atoms with Crippen LogP contribution in [0.1, 0.15) is 90.2 Å². The highest BCUT2D eigenvalue weighted by atomic mass is 19.3. The molecule has 6 rings (SSSR count). The highest BCUT2D eigenvalue weighted by Crippen LogP contribution is 2.64. The SMILES string of the molecule is CC(=O)O[C@@]12COC1CC(OF)C1(C)C(=O)C(O)C3=C(C)[C@@H](OC(=O)[C@H](O)[C@@H](NC(=O)OC(C)(C)C)c4ccccc4)CC(O)([C@@H](OC(=O)c4ccccc4)C12)C3(C)C. The van der Waals surface area contributed by atoms with Gasteiger partial charge >= 0.3 is 24.0 Å². The summed E-state index contributed by atoms with van der Waals surface area (Å²) in [5.74, 6) is -5.69. The van der Waals surface area contributed by atoms with E-state index in [0.717, 1.165) is 6.92 Å². The molecule has 0 spiro atoms. The van der Waals surface area contributed by atoms with Crippen molar-refractivity contribution in [2.75, 3.05) is 6.61 Å². The quantitative estimate of drug-likeness (QED) is 0.159. The number of rotatable bonds is 9. The van der Waals surface area contributed by atoms with Gasteiger partial charge < -0.3 is 44.3 Å². The first-order valence-corrected chi connectivity index (χ1v) is 19.5. The van der Waals surface area contributed by atoms with Crippen molar-refractivity contribution in [1.29, 1.82) is 0 Å². The van der Waals surface area contributed by atoms with Crippen molar-refractivity contribution in [3.8, 4) is 0 Å². The third kappa shape index (κ3) is 7.43. The number of ketones is 1. The first-order chi connectivity index (χ1) is 27.5. The number of alkyl carbamates (subject to hydrolysis) is 1. The fourth-order valence-corrected chi connectivity index (χ4v) is 9.67. The lowest BCUT2D eigenvalue weighted by atomic mass is 9.44. The van der Waals surface area contributed by atoms with Gasteiger partial charge in [-0.25, -0.2) is 14.4 Å². The number of hydrogen-bond acceptors (Lipinski definition) is 14. The lowest BCUT2D eigenvalue weighted by molar-refractivity contribution is -0.365. The van der Waals surface area contributed by atoms with E-state index in [1.54, 1.807) is 69.3 Å². The summed E-state index contributed by atoms with van der Waals surface area (Å²) in [6.07, 6.45) is -12.1. The number of nitrogens with one attached hydrogen (secondary N) is 1. The van der Waals surface area contributed by atoms with E-state index in [0.29, 0.717) is 5.56 Å². The molecule has 2 bridgehead atoms. The van der Waals surface area contributed by atoms with Gasteiger partial charge in [0.05, 0.1) is 29.5 Å². The average Bonchev–Trinajstić information content (AvgIpc) is 3.16. The van der Waals surface area contributed by atoms with E-state index in [2.05, 4.69) is 10.3 Å². The molecular formula is C43H52FNO14. The van der Waals surface area contributed by atoms with Gasteiger partial charge in [0.15, 0.2) is 17.5 Å².